The minimum Gasteiger partial charge on any atom is -0.378 e. The van der Waals surface area contributed by atoms with Crippen LogP contribution < -0.4 is 4.72 Å². The average Bonchev–Trinajstić information content (AvgIpc) is 3.49. The van der Waals surface area contributed by atoms with Gasteiger partial charge in [0.25, 0.3) is 0 Å². The summed E-state index contributed by atoms with van der Waals surface area (Å²) in [6.45, 7) is 6.28. The van der Waals surface area contributed by atoms with Gasteiger partial charge in [-0.25, -0.2) is 13.1 Å². The van der Waals surface area contributed by atoms with Gasteiger partial charge >= 0.3 is 0 Å². The minimum absolute atomic E-state index is 0.0281. The first kappa shape index (κ1) is 29.0. The molecule has 2 heterocycles. The third-order valence-electron chi connectivity index (χ3n) is 9.83. The first-order valence-electron chi connectivity index (χ1n) is 15.6. The van der Waals surface area contributed by atoms with E-state index in [0.717, 1.165) is 32.5 Å². The third-order valence-corrected chi connectivity index (χ3v) is 11.8. The van der Waals surface area contributed by atoms with Crippen molar-refractivity contribution in [1.82, 2.24) is 4.72 Å². The fraction of sp³-hybridized carbons (Fsp3) is 0.933. The van der Waals surface area contributed by atoms with Gasteiger partial charge in [0.05, 0.1) is 30.7 Å². The van der Waals surface area contributed by atoms with Gasteiger partial charge in [0.2, 0.25) is 10.0 Å². The predicted molar refractivity (Wildman–Crippen MR) is 149 cm³/mol. The molecule has 5 aliphatic rings. The highest BCUT2D eigenvalue weighted by molar-refractivity contribution is 7.90. The van der Waals surface area contributed by atoms with Crippen LogP contribution in [0.5, 0.6) is 0 Å². The second-order valence-electron chi connectivity index (χ2n) is 12.6. The molecule has 8 heteroatoms. The van der Waals surface area contributed by atoms with Crippen molar-refractivity contribution < 1.29 is 27.4 Å². The molecule has 0 amide bonds. The molecule has 0 aromatic carbocycles. The van der Waals surface area contributed by atoms with Gasteiger partial charge in [-0.05, 0) is 56.3 Å². The van der Waals surface area contributed by atoms with Crippen molar-refractivity contribution in [3.63, 3.8) is 0 Å². The summed E-state index contributed by atoms with van der Waals surface area (Å²) in [5.74, 6) is 1.31. The fourth-order valence-electron chi connectivity index (χ4n) is 7.56. The van der Waals surface area contributed by atoms with Crippen LogP contribution in [0, 0.1) is 17.8 Å². The molecule has 0 spiro atoms. The van der Waals surface area contributed by atoms with E-state index >= 15 is 0 Å². The average molecular weight is 554 g/mol. The van der Waals surface area contributed by atoms with E-state index in [4.69, 9.17) is 18.9 Å². The van der Waals surface area contributed by atoms with Gasteiger partial charge in [-0.3, -0.25) is 0 Å². The number of hydrogen-bond donors (Lipinski definition) is 1. The zero-order valence-electron chi connectivity index (χ0n) is 23.3. The highest BCUT2D eigenvalue weighted by Gasteiger charge is 2.52. The maximum Gasteiger partial charge on any atom is 0.215 e. The molecular formula is C30H51NO6S. The van der Waals surface area contributed by atoms with E-state index < -0.39 is 10.0 Å². The Bertz CT molecular complexity index is 840. The monoisotopic (exact) mass is 553 g/mol. The minimum atomic E-state index is -3.42. The smallest absolute Gasteiger partial charge is 0.215 e. The van der Waals surface area contributed by atoms with Crippen LogP contribution in [-0.4, -0.2) is 70.6 Å². The normalized spacial score (nSPS) is 37.3. The summed E-state index contributed by atoms with van der Waals surface area (Å²) in [4.78, 5) is 0. The second-order valence-corrected chi connectivity index (χ2v) is 14.6. The molecule has 7 nitrogen and oxygen atoms in total. The van der Waals surface area contributed by atoms with Crippen molar-refractivity contribution in [1.29, 1.82) is 0 Å². The molecule has 2 aliphatic heterocycles. The molecule has 0 aromatic heterocycles. The Morgan fingerprint density at radius 2 is 1.47 bits per heavy atom. The fourth-order valence-corrected chi connectivity index (χ4v) is 9.38. The summed E-state index contributed by atoms with van der Waals surface area (Å²) in [7, 11) is -3.42. The largest absolute Gasteiger partial charge is 0.378 e. The number of nitrogens with one attached hydrogen (secondary N) is 1. The first-order valence-corrected chi connectivity index (χ1v) is 17.2. The molecule has 1 N–H and O–H groups in total. The van der Waals surface area contributed by atoms with Crippen LogP contribution in [0.4, 0.5) is 0 Å². The lowest BCUT2D eigenvalue weighted by molar-refractivity contribution is -0.104. The van der Waals surface area contributed by atoms with E-state index in [9.17, 15) is 8.42 Å². The van der Waals surface area contributed by atoms with E-state index in [1.54, 1.807) is 0 Å². The lowest BCUT2D eigenvalue weighted by Crippen LogP contribution is -2.44. The van der Waals surface area contributed by atoms with Crippen LogP contribution in [0.1, 0.15) is 96.3 Å². The maximum absolute atomic E-state index is 13.1. The van der Waals surface area contributed by atoms with E-state index in [1.165, 1.54) is 64.2 Å². The Kier molecular flexibility index (Phi) is 10.6. The Morgan fingerprint density at radius 1 is 0.816 bits per heavy atom. The Hall–Kier alpha value is -0.510. The zero-order chi connectivity index (χ0) is 26.4. The number of allylic oxidation sites excluding steroid dienone is 1. The van der Waals surface area contributed by atoms with Gasteiger partial charge in [-0.1, -0.05) is 57.4 Å². The predicted octanol–water partition coefficient (Wildman–Crippen LogP) is 5.14. The van der Waals surface area contributed by atoms with Crippen molar-refractivity contribution in [3.05, 3.63) is 12.7 Å². The molecular weight excluding hydrogens is 502 g/mol. The van der Waals surface area contributed by atoms with Gasteiger partial charge in [0, 0.05) is 19.6 Å². The number of ether oxygens (including phenoxy) is 4. The number of sulfonamides is 1. The van der Waals surface area contributed by atoms with Gasteiger partial charge in [-0.15, -0.1) is 6.58 Å². The van der Waals surface area contributed by atoms with E-state index in [-0.39, 0.29) is 48.2 Å². The summed E-state index contributed by atoms with van der Waals surface area (Å²) in [5, 5.41) is -0.386. The quantitative estimate of drug-likeness (QED) is 0.337. The number of rotatable bonds is 12. The van der Waals surface area contributed by atoms with Crippen LogP contribution in [0.25, 0.3) is 0 Å². The molecule has 0 aromatic rings. The molecule has 7 atom stereocenters. The summed E-state index contributed by atoms with van der Waals surface area (Å²) in [5.41, 5.74) is 0. The van der Waals surface area contributed by atoms with Gasteiger partial charge in [0.15, 0.2) is 0 Å². The van der Waals surface area contributed by atoms with E-state index in [2.05, 4.69) is 11.3 Å². The second kappa shape index (κ2) is 13.9. The van der Waals surface area contributed by atoms with Crippen LogP contribution in [-0.2, 0) is 29.0 Å². The lowest BCUT2D eigenvalue weighted by atomic mass is 9.89. The SMILES string of the molecule is C=CC1CCCCC1S(=O)(=O)NC[C@@H]1C[C@@H]2O[C@H](COCC3CCCCC3)[C@@H](OCC3CCCCC3)[C@@H]2O1. The number of fused-ring (bicyclic) bond motifs is 1. The Balaban J connectivity index is 1.14. The number of hydrogen-bond acceptors (Lipinski definition) is 6. The van der Waals surface area contributed by atoms with Gasteiger partial charge in [0.1, 0.15) is 18.3 Å². The van der Waals surface area contributed by atoms with Crippen molar-refractivity contribution >= 4 is 10.0 Å². The van der Waals surface area contributed by atoms with Crippen LogP contribution in [0.3, 0.4) is 0 Å². The Labute approximate surface area is 230 Å². The molecule has 2 saturated heterocycles. The molecule has 0 radical (unpaired) electrons. The summed E-state index contributed by atoms with van der Waals surface area (Å²) in [6.07, 6.45) is 18.4. The Morgan fingerprint density at radius 3 is 2.18 bits per heavy atom. The van der Waals surface area contributed by atoms with E-state index in [1.807, 2.05) is 6.08 Å². The highest BCUT2D eigenvalue weighted by Crippen LogP contribution is 2.38. The summed E-state index contributed by atoms with van der Waals surface area (Å²) in [6, 6.07) is 0. The standard InChI is InChI=1S/C30H51NO6S/c1-2-24-15-9-10-16-28(24)38(32,33)31-18-25-17-26-30(36-25)29(35-20-23-13-7-4-8-14-23)27(37-26)21-34-19-22-11-5-3-6-12-22/h2,22-31H,1,3-21H2/t24?,25-,26-,27+,28?,29+,30+/m0/s1. The van der Waals surface area contributed by atoms with Crippen molar-refractivity contribution in [2.75, 3.05) is 26.4 Å². The summed E-state index contributed by atoms with van der Waals surface area (Å²) < 4.78 is 54.8. The summed E-state index contributed by atoms with van der Waals surface area (Å²) >= 11 is 0. The van der Waals surface area contributed by atoms with E-state index in [0.29, 0.717) is 31.3 Å². The topological polar surface area (TPSA) is 83.1 Å². The molecule has 218 valence electrons. The van der Waals surface area contributed by atoms with Crippen molar-refractivity contribution in [2.24, 2.45) is 17.8 Å². The molecule has 5 rings (SSSR count). The van der Waals surface area contributed by atoms with Crippen LogP contribution >= 0.6 is 0 Å². The highest BCUT2D eigenvalue weighted by atomic mass is 32.2. The van der Waals surface area contributed by atoms with Crippen molar-refractivity contribution in [2.45, 2.75) is 132 Å². The molecule has 2 unspecified atom stereocenters. The van der Waals surface area contributed by atoms with Crippen molar-refractivity contribution in [3.8, 4) is 0 Å². The molecule has 0 bridgehead atoms. The van der Waals surface area contributed by atoms with Gasteiger partial charge in [-0.2, -0.15) is 0 Å². The van der Waals surface area contributed by atoms with Gasteiger partial charge < -0.3 is 18.9 Å². The van der Waals surface area contributed by atoms with Crippen LogP contribution in [0.15, 0.2) is 12.7 Å². The first-order chi connectivity index (χ1) is 18.5. The van der Waals surface area contributed by atoms with Crippen LogP contribution in [0.2, 0.25) is 0 Å². The maximum atomic E-state index is 13.1. The zero-order valence-corrected chi connectivity index (χ0v) is 24.1. The third kappa shape index (κ3) is 7.41. The molecule has 38 heavy (non-hydrogen) atoms. The molecule has 5 fully saturated rings. The lowest BCUT2D eigenvalue weighted by Gasteiger charge is -2.30. The molecule has 3 saturated carbocycles. The molecule has 3 aliphatic carbocycles.